The second-order valence-corrected chi connectivity index (χ2v) is 9.68. The standard InChI is InChI=1S/C31H38N4O4/c1-5-20-39-25-16-14-23(15-17-25)28-27(30(37)31(38)34(28)19-11-18-33(6-2)7-3)29(36)26-21-32-35(22(26)4)24-12-9-8-10-13-24/h8-10,12-17,21,28,36H,5-7,11,18-20H2,1-4H3/b29-27+. The molecule has 1 amide bonds. The molecule has 1 saturated heterocycles. The number of rotatable bonds is 12. The van der Waals surface area contributed by atoms with Gasteiger partial charge in [-0.2, -0.15) is 5.10 Å². The number of carbonyl (C=O) groups is 2. The summed E-state index contributed by atoms with van der Waals surface area (Å²) in [6.07, 6.45) is 3.16. The van der Waals surface area contributed by atoms with Gasteiger partial charge in [-0.05, 0) is 69.2 Å². The predicted molar refractivity (Wildman–Crippen MR) is 152 cm³/mol. The topological polar surface area (TPSA) is 87.9 Å². The van der Waals surface area contributed by atoms with Gasteiger partial charge in [0, 0.05) is 6.54 Å². The van der Waals surface area contributed by atoms with Gasteiger partial charge < -0.3 is 19.6 Å². The molecule has 206 valence electrons. The molecular formula is C31H38N4O4. The van der Waals surface area contributed by atoms with E-state index < -0.39 is 17.7 Å². The van der Waals surface area contributed by atoms with Gasteiger partial charge in [0.1, 0.15) is 11.5 Å². The van der Waals surface area contributed by atoms with Crippen molar-refractivity contribution in [2.24, 2.45) is 0 Å². The molecule has 1 N–H and O–H groups in total. The Morgan fingerprint density at radius 3 is 2.36 bits per heavy atom. The first-order valence-electron chi connectivity index (χ1n) is 13.7. The van der Waals surface area contributed by atoms with Gasteiger partial charge in [0.05, 0.1) is 41.4 Å². The number of para-hydroxylation sites is 1. The van der Waals surface area contributed by atoms with Crippen molar-refractivity contribution in [3.8, 4) is 11.4 Å². The Balaban J connectivity index is 1.74. The molecule has 4 rings (SSSR count). The van der Waals surface area contributed by atoms with E-state index in [4.69, 9.17) is 4.74 Å². The van der Waals surface area contributed by atoms with Crippen LogP contribution in [-0.4, -0.2) is 69.2 Å². The third-order valence-corrected chi connectivity index (χ3v) is 7.24. The quantitative estimate of drug-likeness (QED) is 0.199. The van der Waals surface area contributed by atoms with E-state index in [2.05, 4.69) is 23.8 Å². The van der Waals surface area contributed by atoms with Crippen molar-refractivity contribution >= 4 is 17.4 Å². The van der Waals surface area contributed by atoms with Crippen LogP contribution in [0.15, 0.2) is 66.4 Å². The molecule has 1 fully saturated rings. The van der Waals surface area contributed by atoms with Crippen molar-refractivity contribution in [3.05, 3.63) is 83.2 Å². The number of ketones is 1. The second kappa shape index (κ2) is 12.8. The zero-order chi connectivity index (χ0) is 27.9. The van der Waals surface area contributed by atoms with Gasteiger partial charge in [0.25, 0.3) is 11.7 Å². The molecule has 2 aromatic carbocycles. The summed E-state index contributed by atoms with van der Waals surface area (Å²) in [6, 6.07) is 16.3. The van der Waals surface area contributed by atoms with E-state index in [1.165, 1.54) is 0 Å². The number of aliphatic hydroxyl groups excluding tert-OH is 1. The minimum Gasteiger partial charge on any atom is -0.507 e. The second-order valence-electron chi connectivity index (χ2n) is 9.68. The average Bonchev–Trinajstić information content (AvgIpc) is 3.47. The molecule has 39 heavy (non-hydrogen) atoms. The first-order chi connectivity index (χ1) is 18.9. The molecule has 0 saturated carbocycles. The van der Waals surface area contributed by atoms with Gasteiger partial charge in [-0.1, -0.05) is 51.1 Å². The van der Waals surface area contributed by atoms with E-state index >= 15 is 0 Å². The number of carbonyl (C=O) groups excluding carboxylic acids is 2. The Hall–Kier alpha value is -3.91. The van der Waals surface area contributed by atoms with Crippen LogP contribution < -0.4 is 4.74 Å². The van der Waals surface area contributed by atoms with E-state index in [0.717, 1.165) is 43.1 Å². The van der Waals surface area contributed by atoms with Gasteiger partial charge in [-0.15, -0.1) is 0 Å². The van der Waals surface area contributed by atoms with E-state index in [1.54, 1.807) is 15.8 Å². The highest BCUT2D eigenvalue weighted by atomic mass is 16.5. The number of nitrogens with zero attached hydrogens (tertiary/aromatic N) is 4. The smallest absolute Gasteiger partial charge is 0.295 e. The maximum atomic E-state index is 13.4. The summed E-state index contributed by atoms with van der Waals surface area (Å²) < 4.78 is 7.45. The molecule has 0 bridgehead atoms. The molecule has 0 spiro atoms. The molecule has 2 heterocycles. The number of aliphatic hydroxyl groups is 1. The van der Waals surface area contributed by atoms with Crippen molar-refractivity contribution in [2.75, 3.05) is 32.8 Å². The van der Waals surface area contributed by atoms with Crippen LogP contribution >= 0.6 is 0 Å². The molecule has 1 aliphatic heterocycles. The van der Waals surface area contributed by atoms with Gasteiger partial charge in [-0.25, -0.2) is 4.68 Å². The summed E-state index contributed by atoms with van der Waals surface area (Å²) in [5, 5.41) is 16.0. The predicted octanol–water partition coefficient (Wildman–Crippen LogP) is 5.12. The van der Waals surface area contributed by atoms with Crippen molar-refractivity contribution in [3.63, 3.8) is 0 Å². The number of hydrogen-bond acceptors (Lipinski definition) is 6. The molecule has 0 aliphatic carbocycles. The molecule has 8 heteroatoms. The zero-order valence-corrected chi connectivity index (χ0v) is 23.3. The summed E-state index contributed by atoms with van der Waals surface area (Å²) in [4.78, 5) is 30.7. The van der Waals surface area contributed by atoms with E-state index in [1.807, 2.05) is 68.4 Å². The van der Waals surface area contributed by atoms with E-state index in [9.17, 15) is 14.7 Å². The Kier molecular flexibility index (Phi) is 9.19. The normalized spacial score (nSPS) is 16.8. The van der Waals surface area contributed by atoms with Crippen molar-refractivity contribution < 1.29 is 19.4 Å². The van der Waals surface area contributed by atoms with Crippen LogP contribution in [0.5, 0.6) is 5.75 Å². The largest absolute Gasteiger partial charge is 0.507 e. The zero-order valence-electron chi connectivity index (χ0n) is 23.3. The van der Waals surface area contributed by atoms with Gasteiger partial charge in [0.2, 0.25) is 0 Å². The molecule has 1 aromatic heterocycles. The van der Waals surface area contributed by atoms with Gasteiger partial charge >= 0.3 is 0 Å². The van der Waals surface area contributed by atoms with Crippen molar-refractivity contribution in [2.45, 2.75) is 46.6 Å². The van der Waals surface area contributed by atoms with Crippen molar-refractivity contribution in [1.29, 1.82) is 0 Å². The fourth-order valence-electron chi connectivity index (χ4n) is 5.04. The molecule has 8 nitrogen and oxygen atoms in total. The van der Waals surface area contributed by atoms with Gasteiger partial charge in [-0.3, -0.25) is 9.59 Å². The number of benzene rings is 2. The van der Waals surface area contributed by atoms with Crippen LogP contribution in [0.2, 0.25) is 0 Å². The van der Waals surface area contributed by atoms with Gasteiger partial charge in [0.15, 0.2) is 0 Å². The van der Waals surface area contributed by atoms with Crippen LogP contribution in [-0.2, 0) is 9.59 Å². The Morgan fingerprint density at radius 1 is 1.03 bits per heavy atom. The SMILES string of the molecule is CCCOc1ccc(C2/C(=C(\O)c3cnn(-c4ccccc4)c3C)C(=O)C(=O)N2CCCN(CC)CC)cc1. The molecule has 0 radical (unpaired) electrons. The highest BCUT2D eigenvalue weighted by Gasteiger charge is 2.46. The number of likely N-dealkylation sites (tertiary alicyclic amines) is 1. The maximum Gasteiger partial charge on any atom is 0.295 e. The molecule has 1 aliphatic rings. The Morgan fingerprint density at radius 2 is 1.72 bits per heavy atom. The molecular weight excluding hydrogens is 492 g/mol. The highest BCUT2D eigenvalue weighted by molar-refractivity contribution is 6.46. The van der Waals surface area contributed by atoms with E-state index in [0.29, 0.717) is 30.8 Å². The fourth-order valence-corrected chi connectivity index (χ4v) is 5.04. The Bertz CT molecular complexity index is 1310. The lowest BCUT2D eigenvalue weighted by molar-refractivity contribution is -0.140. The number of amides is 1. The highest BCUT2D eigenvalue weighted by Crippen LogP contribution is 2.40. The summed E-state index contributed by atoms with van der Waals surface area (Å²) in [7, 11) is 0. The monoisotopic (exact) mass is 530 g/mol. The van der Waals surface area contributed by atoms with Crippen molar-refractivity contribution in [1.82, 2.24) is 19.6 Å². The van der Waals surface area contributed by atoms with Crippen LogP contribution in [0.25, 0.3) is 11.4 Å². The average molecular weight is 531 g/mol. The summed E-state index contributed by atoms with van der Waals surface area (Å²) >= 11 is 0. The fraction of sp³-hybridized carbons (Fsp3) is 0.387. The molecule has 3 aromatic rings. The minimum absolute atomic E-state index is 0.0841. The number of ether oxygens (including phenoxy) is 1. The lowest BCUT2D eigenvalue weighted by Gasteiger charge is -2.27. The first kappa shape index (κ1) is 28.1. The lowest BCUT2D eigenvalue weighted by atomic mass is 9.95. The molecule has 1 atom stereocenters. The third kappa shape index (κ3) is 5.91. The number of Topliss-reactive ketones (excluding diaryl/α,β-unsaturated/α-hetero) is 1. The Labute approximate surface area is 230 Å². The summed E-state index contributed by atoms with van der Waals surface area (Å²) in [5.74, 6) is -0.770. The lowest BCUT2D eigenvalue weighted by Crippen LogP contribution is -2.33. The molecule has 1 unspecified atom stereocenters. The van der Waals surface area contributed by atoms with E-state index in [-0.39, 0.29) is 11.3 Å². The van der Waals surface area contributed by atoms with Crippen LogP contribution in [0, 0.1) is 6.92 Å². The summed E-state index contributed by atoms with van der Waals surface area (Å²) in [6.45, 7) is 11.8. The summed E-state index contributed by atoms with van der Waals surface area (Å²) in [5.41, 5.74) is 2.77. The van der Waals surface area contributed by atoms with Crippen LogP contribution in [0.3, 0.4) is 0 Å². The van der Waals surface area contributed by atoms with Crippen LogP contribution in [0.1, 0.15) is 56.5 Å². The number of hydrogen-bond donors (Lipinski definition) is 1. The van der Waals surface area contributed by atoms with Crippen LogP contribution in [0.4, 0.5) is 0 Å². The maximum absolute atomic E-state index is 13.4. The third-order valence-electron chi connectivity index (χ3n) is 7.24. The minimum atomic E-state index is -0.707. The first-order valence-corrected chi connectivity index (χ1v) is 13.7. The number of aromatic nitrogens is 2.